The summed E-state index contributed by atoms with van der Waals surface area (Å²) in [6.45, 7) is 0.924. The number of aromatic nitrogens is 1. The number of ether oxygens (including phenoxy) is 3. The van der Waals surface area contributed by atoms with Crippen molar-refractivity contribution in [2.24, 2.45) is 5.16 Å². The van der Waals surface area contributed by atoms with Crippen molar-refractivity contribution in [1.82, 2.24) is 4.98 Å². The number of hydrogen-bond donors (Lipinski definition) is 1. The highest BCUT2D eigenvalue weighted by molar-refractivity contribution is 6.01. The lowest BCUT2D eigenvalue weighted by molar-refractivity contribution is 0.250. The van der Waals surface area contributed by atoms with Gasteiger partial charge in [0.1, 0.15) is 36.5 Å². The second-order valence-electron chi connectivity index (χ2n) is 9.72. The van der Waals surface area contributed by atoms with E-state index in [0.717, 1.165) is 22.4 Å². The molecule has 7 nitrogen and oxygen atoms in total. The van der Waals surface area contributed by atoms with Gasteiger partial charge >= 0.3 is 0 Å². The lowest BCUT2D eigenvalue weighted by Gasteiger charge is -2.14. The van der Waals surface area contributed by atoms with Gasteiger partial charge in [-0.05, 0) is 59.0 Å². The molecule has 1 N–H and O–H groups in total. The molecule has 7 heteroatoms. The van der Waals surface area contributed by atoms with Crippen molar-refractivity contribution in [1.29, 1.82) is 5.26 Å². The van der Waals surface area contributed by atoms with Crippen LogP contribution in [0.15, 0.2) is 133 Å². The molecule has 4 aromatic carbocycles. The third kappa shape index (κ3) is 8.48. The van der Waals surface area contributed by atoms with Crippen molar-refractivity contribution >= 4 is 5.71 Å². The van der Waals surface area contributed by atoms with Gasteiger partial charge in [0, 0.05) is 18.2 Å². The molecule has 5 rings (SSSR count). The molecular formula is C37H29N3O4. The summed E-state index contributed by atoms with van der Waals surface area (Å²) in [7, 11) is 0. The molecule has 1 heterocycles. The van der Waals surface area contributed by atoms with Crippen LogP contribution < -0.4 is 14.2 Å². The van der Waals surface area contributed by atoms with E-state index in [-0.39, 0.29) is 11.6 Å². The Hall–Kier alpha value is -6.05. The fourth-order valence-electron chi connectivity index (χ4n) is 4.22. The number of oxime groups is 1. The van der Waals surface area contributed by atoms with Gasteiger partial charge in [0.05, 0.1) is 5.56 Å². The van der Waals surface area contributed by atoms with Gasteiger partial charge in [-0.2, -0.15) is 5.26 Å². The first-order valence-corrected chi connectivity index (χ1v) is 14.0. The van der Waals surface area contributed by atoms with Crippen LogP contribution in [0.25, 0.3) is 0 Å². The summed E-state index contributed by atoms with van der Waals surface area (Å²) in [4.78, 5) is 4.29. The summed E-state index contributed by atoms with van der Waals surface area (Å²) in [6, 6.07) is 40.2. The monoisotopic (exact) mass is 579 g/mol. The van der Waals surface area contributed by atoms with E-state index >= 15 is 0 Å². The van der Waals surface area contributed by atoms with Gasteiger partial charge in [-0.15, -0.1) is 0 Å². The van der Waals surface area contributed by atoms with E-state index in [0.29, 0.717) is 36.5 Å². The number of nitrogens with zero attached hydrogens (tertiary/aromatic N) is 3. The number of hydrogen-bond acceptors (Lipinski definition) is 7. The predicted octanol–water partition coefficient (Wildman–Crippen LogP) is 7.31. The Kier molecular flexibility index (Phi) is 10.2. The summed E-state index contributed by atoms with van der Waals surface area (Å²) in [5.41, 5.74) is 4.43. The van der Waals surface area contributed by atoms with E-state index in [4.69, 9.17) is 14.2 Å². The molecule has 0 saturated heterocycles. The lowest BCUT2D eigenvalue weighted by Crippen LogP contribution is -2.07. The third-order valence-corrected chi connectivity index (χ3v) is 6.55. The van der Waals surface area contributed by atoms with Crippen molar-refractivity contribution in [3.05, 3.63) is 155 Å². The molecule has 0 saturated carbocycles. The Morgan fingerprint density at radius 3 is 1.89 bits per heavy atom. The van der Waals surface area contributed by atoms with Crippen LogP contribution >= 0.6 is 0 Å². The molecular weight excluding hydrogens is 550 g/mol. The molecule has 0 amide bonds. The second-order valence-corrected chi connectivity index (χ2v) is 9.72. The summed E-state index contributed by atoms with van der Waals surface area (Å²) < 4.78 is 17.7. The summed E-state index contributed by atoms with van der Waals surface area (Å²) in [6.07, 6.45) is 0.971. The van der Waals surface area contributed by atoms with Gasteiger partial charge in [-0.1, -0.05) is 96.0 Å². The Bertz CT molecular complexity index is 1770. The van der Waals surface area contributed by atoms with Crippen LogP contribution in [-0.2, 0) is 19.6 Å². The summed E-state index contributed by atoms with van der Waals surface area (Å²) in [5, 5.41) is 22.9. The van der Waals surface area contributed by atoms with Gasteiger partial charge in [-0.3, -0.25) is 0 Å². The highest BCUT2D eigenvalue weighted by atomic mass is 16.5. The van der Waals surface area contributed by atoms with Crippen LogP contribution in [0.4, 0.5) is 0 Å². The van der Waals surface area contributed by atoms with E-state index in [1.807, 2.05) is 84.9 Å². The van der Waals surface area contributed by atoms with Crippen LogP contribution in [0.3, 0.4) is 0 Å². The smallest absolute Gasteiger partial charge is 0.231 e. The zero-order valence-corrected chi connectivity index (χ0v) is 23.8. The molecule has 44 heavy (non-hydrogen) atoms. The molecule has 5 aromatic rings. The van der Waals surface area contributed by atoms with Crippen LogP contribution in [0, 0.1) is 23.2 Å². The van der Waals surface area contributed by atoms with E-state index < -0.39 is 6.10 Å². The molecule has 0 aliphatic heterocycles. The van der Waals surface area contributed by atoms with Crippen molar-refractivity contribution < 1.29 is 19.4 Å². The summed E-state index contributed by atoms with van der Waals surface area (Å²) in [5.74, 6) is 7.50. The molecule has 0 bridgehead atoms. The number of benzene rings is 4. The van der Waals surface area contributed by atoms with Gasteiger partial charge in [0.2, 0.25) is 12.0 Å². The summed E-state index contributed by atoms with van der Waals surface area (Å²) >= 11 is 0. The van der Waals surface area contributed by atoms with Crippen molar-refractivity contribution in [3.63, 3.8) is 0 Å². The van der Waals surface area contributed by atoms with Gasteiger partial charge in [-0.25, -0.2) is 4.98 Å². The maximum Gasteiger partial charge on any atom is 0.231 e. The Morgan fingerprint density at radius 1 is 0.727 bits per heavy atom. The van der Waals surface area contributed by atoms with Crippen molar-refractivity contribution in [3.8, 4) is 35.3 Å². The Morgan fingerprint density at radius 2 is 1.32 bits per heavy atom. The van der Waals surface area contributed by atoms with Crippen LogP contribution in [-0.4, -0.2) is 15.9 Å². The lowest BCUT2D eigenvalue weighted by atomic mass is 10.1. The maximum atomic E-state index is 9.85. The topological polar surface area (TPSA) is 97.0 Å². The van der Waals surface area contributed by atoms with Gasteiger partial charge < -0.3 is 19.4 Å². The Balaban J connectivity index is 1.20. The molecule has 0 radical (unpaired) electrons. The van der Waals surface area contributed by atoms with E-state index in [1.54, 1.807) is 42.6 Å². The molecule has 1 unspecified atom stereocenters. The molecule has 216 valence electrons. The van der Waals surface area contributed by atoms with Crippen LogP contribution in [0.5, 0.6) is 17.4 Å². The number of pyridine rings is 1. The first-order chi connectivity index (χ1) is 21.7. The number of nitriles is 1. The van der Waals surface area contributed by atoms with E-state index in [9.17, 15) is 10.5 Å². The standard InChI is InChI=1S/C37H29N3O4/c38-25-36(31-16-21-35(22-17-31)43-27-30-10-5-2-6-11-30)44-37-32(12-7-23-39-37)15-18-33(40-41)24-28-13-19-34(20-14-28)42-26-29-8-3-1-4-9-29/h1-14,16-17,19-23,36,41H,24,26-27H2/b40-33+. The largest absolute Gasteiger partial charge is 0.489 e. The first kappa shape index (κ1) is 29.4. The van der Waals surface area contributed by atoms with E-state index in [1.165, 1.54) is 0 Å². The molecule has 1 aromatic heterocycles. The fourth-order valence-corrected chi connectivity index (χ4v) is 4.22. The predicted molar refractivity (Wildman–Crippen MR) is 167 cm³/mol. The van der Waals surface area contributed by atoms with Crippen molar-refractivity contribution in [2.45, 2.75) is 25.7 Å². The highest BCUT2D eigenvalue weighted by Gasteiger charge is 2.15. The molecule has 0 aliphatic carbocycles. The quantitative estimate of drug-likeness (QED) is 0.0763. The first-order valence-electron chi connectivity index (χ1n) is 14.0. The van der Waals surface area contributed by atoms with Crippen LogP contribution in [0.1, 0.15) is 33.9 Å². The average molecular weight is 580 g/mol. The minimum absolute atomic E-state index is 0.202. The third-order valence-electron chi connectivity index (χ3n) is 6.55. The fraction of sp³-hybridized carbons (Fsp3) is 0.108. The molecule has 0 spiro atoms. The SMILES string of the molecule is N#CC(Oc1ncccc1C#C/C(Cc1ccc(OCc2ccccc2)cc1)=N\O)c1ccc(OCc2ccccc2)cc1. The zero-order chi connectivity index (χ0) is 30.4. The van der Waals surface area contributed by atoms with Gasteiger partial charge in [0.25, 0.3) is 0 Å². The molecule has 0 aliphatic rings. The minimum Gasteiger partial charge on any atom is -0.489 e. The van der Waals surface area contributed by atoms with Crippen molar-refractivity contribution in [2.75, 3.05) is 0 Å². The average Bonchev–Trinajstić information content (AvgIpc) is 3.09. The molecule has 1 atom stereocenters. The second kappa shape index (κ2) is 15.3. The van der Waals surface area contributed by atoms with Crippen LogP contribution in [0.2, 0.25) is 0 Å². The Labute approximate surface area is 256 Å². The highest BCUT2D eigenvalue weighted by Crippen LogP contribution is 2.25. The zero-order valence-electron chi connectivity index (χ0n) is 23.8. The number of rotatable bonds is 11. The van der Waals surface area contributed by atoms with E-state index in [2.05, 4.69) is 28.0 Å². The maximum absolute atomic E-state index is 9.85. The normalized spacial score (nSPS) is 11.4. The minimum atomic E-state index is -0.915. The van der Waals surface area contributed by atoms with Gasteiger partial charge in [0.15, 0.2) is 0 Å². The molecule has 0 fully saturated rings.